The predicted octanol–water partition coefficient (Wildman–Crippen LogP) is 3.37. The van der Waals surface area contributed by atoms with Crippen molar-refractivity contribution in [2.24, 2.45) is 0 Å². The number of imidazole rings is 1. The first-order valence-corrected chi connectivity index (χ1v) is 7.05. The van der Waals surface area contributed by atoms with Crippen LogP contribution in [-0.2, 0) is 12.0 Å². The number of aromatic nitrogens is 3. The van der Waals surface area contributed by atoms with Crippen molar-refractivity contribution >= 4 is 22.8 Å². The summed E-state index contributed by atoms with van der Waals surface area (Å²) in [5.41, 5.74) is 1.71. The molecule has 0 aliphatic heterocycles. The second kappa shape index (κ2) is 5.37. The third-order valence-corrected chi connectivity index (χ3v) is 3.74. The lowest BCUT2D eigenvalue weighted by atomic mass is 10.0. The summed E-state index contributed by atoms with van der Waals surface area (Å²) in [5.74, 6) is 2.15. The zero-order valence-electron chi connectivity index (χ0n) is 11.9. The Hall–Kier alpha value is -1.29. The van der Waals surface area contributed by atoms with E-state index >= 15 is 0 Å². The number of aryl methyl sites for hydroxylation is 1. The van der Waals surface area contributed by atoms with Crippen LogP contribution in [0.25, 0.3) is 11.2 Å². The van der Waals surface area contributed by atoms with Gasteiger partial charge < -0.3 is 9.30 Å². The number of nitrogens with zero attached hydrogens (tertiary/aromatic N) is 3. The highest BCUT2D eigenvalue weighted by Crippen LogP contribution is 2.28. The van der Waals surface area contributed by atoms with Gasteiger partial charge in [-0.2, -0.15) is 4.98 Å². The molecule has 0 amide bonds. The lowest BCUT2D eigenvalue weighted by Crippen LogP contribution is -2.27. The summed E-state index contributed by atoms with van der Waals surface area (Å²) in [6, 6.07) is 3.78. The Kier molecular flexibility index (Phi) is 3.99. The summed E-state index contributed by atoms with van der Waals surface area (Å²) in [7, 11) is 1.62. The molecule has 2 rings (SSSR count). The number of rotatable bonds is 5. The average Bonchev–Trinajstić information content (AvgIpc) is 2.76. The Morgan fingerprint density at radius 3 is 2.63 bits per heavy atom. The fourth-order valence-corrected chi connectivity index (χ4v) is 2.32. The average molecular weight is 282 g/mol. The minimum Gasteiger partial charge on any atom is -0.481 e. The van der Waals surface area contributed by atoms with Crippen molar-refractivity contribution in [1.29, 1.82) is 0 Å². The summed E-state index contributed by atoms with van der Waals surface area (Å²) in [4.78, 5) is 9.20. The number of ether oxygens (including phenoxy) is 1. The topological polar surface area (TPSA) is 39.9 Å². The first-order valence-electron chi connectivity index (χ1n) is 6.52. The number of hydrogen-bond acceptors (Lipinski definition) is 3. The van der Waals surface area contributed by atoms with E-state index in [0.717, 1.165) is 29.8 Å². The summed E-state index contributed by atoms with van der Waals surface area (Å²) < 4.78 is 7.40. The number of pyridine rings is 1. The van der Waals surface area contributed by atoms with Crippen molar-refractivity contribution in [2.45, 2.75) is 39.2 Å². The van der Waals surface area contributed by atoms with Crippen molar-refractivity contribution in [1.82, 2.24) is 14.5 Å². The van der Waals surface area contributed by atoms with Crippen LogP contribution < -0.4 is 4.74 Å². The Bertz CT molecular complexity index is 577. The van der Waals surface area contributed by atoms with Gasteiger partial charge in [0, 0.05) is 23.9 Å². The molecule has 0 aromatic carbocycles. The Balaban J connectivity index is 2.70. The molecule has 0 bridgehead atoms. The van der Waals surface area contributed by atoms with Crippen molar-refractivity contribution < 1.29 is 4.74 Å². The molecule has 104 valence electrons. The van der Waals surface area contributed by atoms with Gasteiger partial charge in [-0.1, -0.05) is 6.92 Å². The summed E-state index contributed by atoms with van der Waals surface area (Å²) >= 11 is 5.89. The van der Waals surface area contributed by atoms with Gasteiger partial charge in [-0.05, 0) is 26.3 Å². The predicted molar refractivity (Wildman–Crippen MR) is 78.1 cm³/mol. The second-order valence-electron chi connectivity index (χ2n) is 5.16. The van der Waals surface area contributed by atoms with E-state index in [-0.39, 0.29) is 5.54 Å². The number of methoxy groups -OCH3 is 1. The maximum atomic E-state index is 5.89. The number of halogens is 1. The van der Waals surface area contributed by atoms with Crippen LogP contribution in [0, 0.1) is 0 Å². The van der Waals surface area contributed by atoms with E-state index in [9.17, 15) is 0 Å². The van der Waals surface area contributed by atoms with Gasteiger partial charge in [0.2, 0.25) is 5.88 Å². The Morgan fingerprint density at radius 1 is 1.32 bits per heavy atom. The highest BCUT2D eigenvalue weighted by Gasteiger charge is 2.25. The minimum absolute atomic E-state index is 0.0461. The standard InChI is InChI=1S/C14H20ClN3O/c1-5-14(2,3)18-11(8-9-15)16-10-6-7-12(19-4)17-13(10)18/h6-7H,5,8-9H2,1-4H3. The van der Waals surface area contributed by atoms with Crippen LogP contribution in [0.1, 0.15) is 33.0 Å². The van der Waals surface area contributed by atoms with Crippen molar-refractivity contribution in [3.8, 4) is 5.88 Å². The maximum absolute atomic E-state index is 5.89. The fraction of sp³-hybridized carbons (Fsp3) is 0.571. The van der Waals surface area contributed by atoms with Gasteiger partial charge in [0.25, 0.3) is 0 Å². The van der Waals surface area contributed by atoms with E-state index in [1.54, 1.807) is 7.11 Å². The van der Waals surface area contributed by atoms with Crippen molar-refractivity contribution in [2.75, 3.05) is 13.0 Å². The molecule has 5 heteroatoms. The van der Waals surface area contributed by atoms with E-state index in [4.69, 9.17) is 16.3 Å². The van der Waals surface area contributed by atoms with Crippen LogP contribution in [0.3, 0.4) is 0 Å². The Morgan fingerprint density at radius 2 is 2.05 bits per heavy atom. The van der Waals surface area contributed by atoms with Crippen molar-refractivity contribution in [3.05, 3.63) is 18.0 Å². The molecule has 2 aromatic rings. The van der Waals surface area contributed by atoms with Crippen LogP contribution >= 0.6 is 11.6 Å². The van der Waals surface area contributed by atoms with E-state index < -0.39 is 0 Å². The number of hydrogen-bond donors (Lipinski definition) is 0. The van der Waals surface area contributed by atoms with Gasteiger partial charge in [-0.15, -0.1) is 11.6 Å². The molecule has 0 unspecified atom stereocenters. The van der Waals surface area contributed by atoms with Gasteiger partial charge >= 0.3 is 0 Å². The summed E-state index contributed by atoms with van der Waals surface area (Å²) in [6.45, 7) is 6.54. The molecule has 0 aliphatic rings. The molecular formula is C14H20ClN3O. The quantitative estimate of drug-likeness (QED) is 0.789. The number of alkyl halides is 1. The monoisotopic (exact) mass is 281 g/mol. The van der Waals surface area contributed by atoms with Gasteiger partial charge in [-0.3, -0.25) is 0 Å². The molecular weight excluding hydrogens is 262 g/mol. The largest absolute Gasteiger partial charge is 0.481 e. The SMILES string of the molecule is CCC(C)(C)n1c(CCCl)nc2ccc(OC)nc21. The third kappa shape index (κ3) is 2.54. The van der Waals surface area contributed by atoms with Crippen LogP contribution in [0.5, 0.6) is 5.88 Å². The lowest BCUT2D eigenvalue weighted by molar-refractivity contribution is 0.338. The molecule has 2 heterocycles. The van der Waals surface area contributed by atoms with Crippen LogP contribution in [0.4, 0.5) is 0 Å². The molecule has 19 heavy (non-hydrogen) atoms. The van der Waals surface area contributed by atoms with Crippen LogP contribution in [0.2, 0.25) is 0 Å². The molecule has 0 spiro atoms. The normalized spacial score (nSPS) is 12.1. The first kappa shape index (κ1) is 14.1. The van der Waals surface area contributed by atoms with Gasteiger partial charge in [0.05, 0.1) is 7.11 Å². The van der Waals surface area contributed by atoms with Crippen LogP contribution in [0.15, 0.2) is 12.1 Å². The highest BCUT2D eigenvalue weighted by atomic mass is 35.5. The first-order chi connectivity index (χ1) is 9.03. The smallest absolute Gasteiger partial charge is 0.215 e. The lowest BCUT2D eigenvalue weighted by Gasteiger charge is -2.27. The maximum Gasteiger partial charge on any atom is 0.215 e. The Labute approximate surface area is 118 Å². The molecule has 0 fully saturated rings. The molecule has 2 aromatic heterocycles. The third-order valence-electron chi connectivity index (χ3n) is 3.55. The number of fused-ring (bicyclic) bond motifs is 1. The molecule has 0 saturated carbocycles. The fourth-order valence-electron chi connectivity index (χ4n) is 2.15. The zero-order chi connectivity index (χ0) is 14.0. The summed E-state index contributed by atoms with van der Waals surface area (Å²) in [6.07, 6.45) is 1.73. The summed E-state index contributed by atoms with van der Waals surface area (Å²) in [5, 5.41) is 0. The van der Waals surface area contributed by atoms with Gasteiger partial charge in [-0.25, -0.2) is 4.98 Å². The minimum atomic E-state index is -0.0461. The van der Waals surface area contributed by atoms with E-state index in [1.807, 2.05) is 12.1 Å². The molecule has 4 nitrogen and oxygen atoms in total. The molecule has 0 aliphatic carbocycles. The molecule has 0 saturated heterocycles. The molecule has 0 atom stereocenters. The van der Waals surface area contributed by atoms with Crippen LogP contribution in [-0.4, -0.2) is 27.5 Å². The van der Waals surface area contributed by atoms with E-state index in [2.05, 4.69) is 35.3 Å². The highest BCUT2D eigenvalue weighted by molar-refractivity contribution is 6.17. The van der Waals surface area contributed by atoms with Gasteiger partial charge in [0.15, 0.2) is 5.65 Å². The van der Waals surface area contributed by atoms with Gasteiger partial charge in [0.1, 0.15) is 11.3 Å². The zero-order valence-corrected chi connectivity index (χ0v) is 12.7. The van der Waals surface area contributed by atoms with E-state index in [0.29, 0.717) is 11.8 Å². The molecule has 0 N–H and O–H groups in total. The van der Waals surface area contributed by atoms with Crippen molar-refractivity contribution in [3.63, 3.8) is 0 Å². The molecule has 0 radical (unpaired) electrons. The van der Waals surface area contributed by atoms with E-state index in [1.165, 1.54) is 0 Å². The second-order valence-corrected chi connectivity index (χ2v) is 5.54.